The Hall–Kier alpha value is -3.72. The van der Waals surface area contributed by atoms with Crippen LogP contribution in [-0.4, -0.2) is 99.9 Å². The molecular formula is C36H40IN7O5S2. The predicted molar refractivity (Wildman–Crippen MR) is 212 cm³/mol. The van der Waals surface area contributed by atoms with Crippen LogP contribution in [-0.2, 0) is 9.47 Å². The third kappa shape index (κ3) is 8.03. The molecule has 0 unspecified atom stereocenters. The second-order valence-corrected chi connectivity index (χ2v) is 17.3. The highest BCUT2D eigenvalue weighted by Crippen LogP contribution is 2.45. The van der Waals surface area contributed by atoms with Crippen LogP contribution in [0, 0.1) is 11.2 Å². The maximum atomic E-state index is 14.3. The molecule has 6 rings (SSSR count). The van der Waals surface area contributed by atoms with Crippen molar-refractivity contribution in [2.45, 2.75) is 65.7 Å². The Bertz CT molecular complexity index is 2090. The van der Waals surface area contributed by atoms with Gasteiger partial charge in [0.2, 0.25) is 5.95 Å². The summed E-state index contributed by atoms with van der Waals surface area (Å²) in [6, 6.07) is 8.75. The monoisotopic (exact) mass is 841 g/mol. The fourth-order valence-corrected chi connectivity index (χ4v) is 7.62. The normalized spacial score (nSPS) is 17.2. The molecule has 1 fully saturated rings. The van der Waals surface area contributed by atoms with E-state index >= 15 is 0 Å². The Morgan fingerprint density at radius 1 is 0.941 bits per heavy atom. The van der Waals surface area contributed by atoms with Crippen molar-refractivity contribution in [2.75, 3.05) is 49.6 Å². The molecule has 0 saturated carbocycles. The number of piperazine rings is 1. The molecule has 3 amide bonds. The molecule has 3 aromatic heterocycles. The van der Waals surface area contributed by atoms with Crippen molar-refractivity contribution in [3.8, 4) is 22.6 Å². The number of nitrogens with zero attached hydrogens (tertiary/aromatic N) is 7. The lowest BCUT2D eigenvalue weighted by molar-refractivity contribution is 0.0182. The van der Waals surface area contributed by atoms with E-state index in [-0.39, 0.29) is 11.4 Å². The van der Waals surface area contributed by atoms with Gasteiger partial charge in [0.25, 0.3) is 5.91 Å². The molecule has 2 aliphatic rings. The molecule has 51 heavy (non-hydrogen) atoms. The van der Waals surface area contributed by atoms with Crippen molar-refractivity contribution < 1.29 is 23.9 Å². The van der Waals surface area contributed by atoms with Crippen LogP contribution in [0.3, 0.4) is 0 Å². The minimum absolute atomic E-state index is 0.00987. The number of amides is 3. The summed E-state index contributed by atoms with van der Waals surface area (Å²) in [5, 5.41) is 4.45. The van der Waals surface area contributed by atoms with Crippen molar-refractivity contribution in [2.24, 2.45) is 0 Å². The van der Waals surface area contributed by atoms with Crippen molar-refractivity contribution in [3.63, 3.8) is 0 Å². The van der Waals surface area contributed by atoms with E-state index in [1.54, 1.807) is 48.5 Å². The molecule has 268 valence electrons. The van der Waals surface area contributed by atoms with Gasteiger partial charge in [0.1, 0.15) is 21.8 Å². The van der Waals surface area contributed by atoms with Crippen LogP contribution in [0.4, 0.5) is 21.2 Å². The molecule has 1 saturated heterocycles. The van der Waals surface area contributed by atoms with Crippen molar-refractivity contribution in [1.82, 2.24) is 24.8 Å². The first kappa shape index (κ1) is 37.1. The van der Waals surface area contributed by atoms with Crippen LogP contribution >= 0.6 is 41.5 Å². The quantitative estimate of drug-likeness (QED) is 0.147. The third-order valence-electron chi connectivity index (χ3n) is 8.25. The van der Waals surface area contributed by atoms with Gasteiger partial charge in [-0.2, -0.15) is 0 Å². The molecule has 0 aliphatic carbocycles. The average molecular weight is 842 g/mol. The Labute approximate surface area is 317 Å². The average Bonchev–Trinajstić information content (AvgIpc) is 3.40. The van der Waals surface area contributed by atoms with Gasteiger partial charge >= 0.3 is 12.2 Å². The van der Waals surface area contributed by atoms with Crippen LogP contribution < -0.4 is 9.80 Å². The van der Waals surface area contributed by atoms with Crippen LogP contribution in [0.1, 0.15) is 63.8 Å². The number of thiophene rings is 1. The minimum atomic E-state index is -0.826. The zero-order valence-corrected chi connectivity index (χ0v) is 33.7. The van der Waals surface area contributed by atoms with Crippen molar-refractivity contribution in [3.05, 3.63) is 40.9 Å². The summed E-state index contributed by atoms with van der Waals surface area (Å²) >= 11 is 3.36. The number of pyridine rings is 1. The van der Waals surface area contributed by atoms with Crippen molar-refractivity contribution >= 4 is 92.2 Å². The van der Waals surface area contributed by atoms with Gasteiger partial charge in [0, 0.05) is 68.9 Å². The van der Waals surface area contributed by atoms with Gasteiger partial charge in [0.15, 0.2) is 0 Å². The lowest BCUT2D eigenvalue weighted by Crippen LogP contribution is -2.49. The van der Waals surface area contributed by atoms with E-state index in [2.05, 4.69) is 49.2 Å². The zero-order valence-electron chi connectivity index (χ0n) is 29.9. The first-order chi connectivity index (χ1) is 24.0. The number of hydrogen-bond acceptors (Lipinski definition) is 12. The fourth-order valence-electron chi connectivity index (χ4n) is 5.98. The molecule has 1 aromatic carbocycles. The van der Waals surface area contributed by atoms with Gasteiger partial charge in [-0.3, -0.25) is 9.69 Å². The smallest absolute Gasteiger partial charge is 0.417 e. The minimum Gasteiger partial charge on any atom is -0.443 e. The highest BCUT2D eigenvalue weighted by atomic mass is 127. The van der Waals surface area contributed by atoms with Crippen molar-refractivity contribution in [1.29, 1.82) is 0 Å². The van der Waals surface area contributed by atoms with E-state index in [1.807, 2.05) is 30.3 Å². The third-order valence-corrected chi connectivity index (χ3v) is 10.2. The molecule has 1 atom stereocenters. The zero-order chi connectivity index (χ0) is 36.8. The molecule has 12 nitrogen and oxygen atoms in total. The lowest BCUT2D eigenvalue weighted by atomic mass is 10.1. The van der Waals surface area contributed by atoms with E-state index in [4.69, 9.17) is 24.4 Å². The van der Waals surface area contributed by atoms with Gasteiger partial charge in [-0.25, -0.2) is 29.4 Å². The summed E-state index contributed by atoms with van der Waals surface area (Å²) in [5.74, 6) is 3.20. The first-order valence-electron chi connectivity index (χ1n) is 16.6. The van der Waals surface area contributed by atoms with Crippen LogP contribution in [0.5, 0.6) is 0 Å². The van der Waals surface area contributed by atoms with Gasteiger partial charge in [-0.1, -0.05) is 0 Å². The first-order valence-corrected chi connectivity index (χ1v) is 20.8. The summed E-state index contributed by atoms with van der Waals surface area (Å²) < 4.78 is 12.3. The number of rotatable bonds is 2. The SMILES string of the molecule is C[C@@H]1CN(C(=O)OC(C)(C)C)c2c(sc3ccc4nc(-c5cc(C#CSI)nc(N6CCN(C)CC6)n5)ccc4c23)C(=O)N1C(=O)OC(C)(C)C. The predicted octanol–water partition coefficient (Wildman–Crippen LogP) is 7.57. The van der Waals surface area contributed by atoms with Crippen LogP contribution in [0.15, 0.2) is 30.3 Å². The van der Waals surface area contributed by atoms with E-state index in [0.717, 1.165) is 41.2 Å². The van der Waals surface area contributed by atoms with E-state index in [1.165, 1.54) is 25.2 Å². The Morgan fingerprint density at radius 3 is 2.29 bits per heavy atom. The maximum absolute atomic E-state index is 14.3. The Kier molecular flexibility index (Phi) is 10.4. The highest BCUT2D eigenvalue weighted by Gasteiger charge is 2.42. The van der Waals surface area contributed by atoms with Crippen LogP contribution in [0.2, 0.25) is 0 Å². The number of halogens is 1. The van der Waals surface area contributed by atoms with E-state index in [9.17, 15) is 14.4 Å². The summed E-state index contributed by atoms with van der Waals surface area (Å²) in [6.07, 6.45) is -1.39. The summed E-state index contributed by atoms with van der Waals surface area (Å²) in [6.45, 7) is 15.8. The Morgan fingerprint density at radius 2 is 1.63 bits per heavy atom. The summed E-state index contributed by atoms with van der Waals surface area (Å²) in [4.78, 5) is 63.6. The Balaban J connectivity index is 1.50. The van der Waals surface area contributed by atoms with E-state index < -0.39 is 35.3 Å². The molecular weight excluding hydrogens is 801 g/mol. The number of benzene rings is 1. The molecule has 2 aliphatic heterocycles. The molecule has 15 heteroatoms. The molecule has 0 radical (unpaired) electrons. The van der Waals surface area contributed by atoms with E-state index in [0.29, 0.717) is 39.6 Å². The maximum Gasteiger partial charge on any atom is 0.417 e. The molecule has 4 aromatic rings. The second kappa shape index (κ2) is 14.4. The molecule has 5 heterocycles. The molecule has 0 N–H and O–H groups in total. The number of carbonyl (C=O) groups excluding carboxylic acids is 3. The van der Waals surface area contributed by atoms with Crippen LogP contribution in [0.25, 0.3) is 32.4 Å². The molecule has 0 spiro atoms. The summed E-state index contributed by atoms with van der Waals surface area (Å²) in [7, 11) is 3.49. The van der Waals surface area contributed by atoms with Gasteiger partial charge < -0.3 is 19.3 Å². The van der Waals surface area contributed by atoms with Gasteiger partial charge in [-0.05, 0) is 99.9 Å². The largest absolute Gasteiger partial charge is 0.443 e. The van der Waals surface area contributed by atoms with Gasteiger partial charge in [0.05, 0.1) is 35.2 Å². The number of hydrogen-bond donors (Lipinski definition) is 0. The summed E-state index contributed by atoms with van der Waals surface area (Å²) in [5.41, 5.74) is 1.29. The second-order valence-electron chi connectivity index (χ2n) is 14.6. The number of fused-ring (bicyclic) bond motifs is 5. The number of ether oxygens (including phenoxy) is 2. The number of anilines is 2. The number of imide groups is 1. The fraction of sp³-hybridized carbons (Fsp3) is 0.444. The number of aromatic nitrogens is 3. The number of carbonyl (C=O) groups is 3. The molecule has 0 bridgehead atoms. The highest BCUT2D eigenvalue weighted by molar-refractivity contribution is 14.2. The standard InChI is InChI=1S/C36H40IN7O5S2/c1-21-20-43(33(46)48-35(2,3)4)29-28-23-9-10-25(26-19-22(13-18-50-37)38-32(40-26)42-16-14-41(8)15-17-42)39-24(23)11-12-27(28)51-30(29)31(45)44(21)34(47)49-36(5,6)7/h9-12,19,21H,14-17,20H2,1-8H3/t21-/m1/s1. The van der Waals surface area contributed by atoms with Gasteiger partial charge in [-0.15, -0.1) is 11.3 Å². The number of likely N-dealkylation sites (N-methyl/N-ethyl adjacent to an activating group) is 1. The lowest BCUT2D eigenvalue weighted by Gasteiger charge is -2.32. The topological polar surface area (TPSA) is 121 Å².